The number of pyridine rings is 2. The van der Waals surface area contributed by atoms with Gasteiger partial charge in [-0.25, -0.2) is 0 Å². The Labute approximate surface area is 187 Å². The van der Waals surface area contributed by atoms with E-state index in [2.05, 4.69) is 20.3 Å². The van der Waals surface area contributed by atoms with E-state index in [0.717, 1.165) is 67.4 Å². The SMILES string of the molecule is Cc1ccc(CNC(=O)C2CCC3(CCN(C(=O)c4cc5cnccc5[nH]4)CC3)C2)nc1. The molecule has 0 radical (unpaired) electrons. The van der Waals surface area contributed by atoms with Gasteiger partial charge in [-0.1, -0.05) is 6.07 Å². The van der Waals surface area contributed by atoms with Gasteiger partial charge in [0.25, 0.3) is 5.91 Å². The zero-order chi connectivity index (χ0) is 22.1. The van der Waals surface area contributed by atoms with Crippen LogP contribution < -0.4 is 5.32 Å². The summed E-state index contributed by atoms with van der Waals surface area (Å²) < 4.78 is 0. The standard InChI is InChI=1S/C25H29N5O2/c1-17-2-3-20(27-14-17)16-28-23(31)18-4-6-25(13-18)7-10-30(11-8-25)24(32)22-12-19-15-26-9-5-21(19)29-22/h2-3,5,9,12,14-15,18,29H,4,6-8,10-11,13,16H2,1H3,(H,28,31). The van der Waals surface area contributed by atoms with Crippen molar-refractivity contribution < 1.29 is 9.59 Å². The number of aromatic amines is 1. The van der Waals surface area contributed by atoms with Gasteiger partial charge in [0.1, 0.15) is 5.69 Å². The van der Waals surface area contributed by atoms with Crippen molar-refractivity contribution in [2.24, 2.45) is 11.3 Å². The van der Waals surface area contributed by atoms with Gasteiger partial charge < -0.3 is 15.2 Å². The molecule has 1 atom stereocenters. The number of nitrogens with zero attached hydrogens (tertiary/aromatic N) is 3. The molecule has 4 heterocycles. The fourth-order valence-corrected chi connectivity index (χ4v) is 5.25. The van der Waals surface area contributed by atoms with Gasteiger partial charge in [-0.05, 0) is 68.2 Å². The highest BCUT2D eigenvalue weighted by Crippen LogP contribution is 2.49. The zero-order valence-corrected chi connectivity index (χ0v) is 18.4. The minimum absolute atomic E-state index is 0.0499. The molecule has 0 aromatic carbocycles. The first-order valence-corrected chi connectivity index (χ1v) is 11.4. The maximum absolute atomic E-state index is 13.0. The van der Waals surface area contributed by atoms with E-state index in [1.54, 1.807) is 12.4 Å². The van der Waals surface area contributed by atoms with Gasteiger partial charge in [-0.3, -0.25) is 19.6 Å². The van der Waals surface area contributed by atoms with E-state index in [4.69, 9.17) is 0 Å². The Morgan fingerprint density at radius 3 is 2.78 bits per heavy atom. The van der Waals surface area contributed by atoms with Gasteiger partial charge in [-0.15, -0.1) is 0 Å². The smallest absolute Gasteiger partial charge is 0.270 e. The number of rotatable bonds is 4. The quantitative estimate of drug-likeness (QED) is 0.660. The summed E-state index contributed by atoms with van der Waals surface area (Å²) in [6, 6.07) is 7.74. The van der Waals surface area contributed by atoms with Crippen LogP contribution in [-0.2, 0) is 11.3 Å². The van der Waals surface area contributed by atoms with Gasteiger partial charge in [0.15, 0.2) is 0 Å². The number of H-pyrrole nitrogens is 1. The van der Waals surface area contributed by atoms with Crippen LogP contribution in [0.1, 0.15) is 53.8 Å². The molecule has 1 unspecified atom stereocenters. The summed E-state index contributed by atoms with van der Waals surface area (Å²) in [5.41, 5.74) is 3.74. The Morgan fingerprint density at radius 2 is 2.03 bits per heavy atom. The predicted octanol–water partition coefficient (Wildman–Crippen LogP) is 3.61. The largest absolute Gasteiger partial charge is 0.350 e. The monoisotopic (exact) mass is 431 g/mol. The number of aromatic nitrogens is 3. The Bertz CT molecular complexity index is 1100. The third-order valence-corrected chi connectivity index (χ3v) is 7.25. The number of fused-ring (bicyclic) bond motifs is 1. The minimum atomic E-state index is 0.0499. The van der Waals surface area contributed by atoms with Gasteiger partial charge in [0, 0.05) is 48.5 Å². The lowest BCUT2D eigenvalue weighted by Gasteiger charge is -2.39. The molecule has 5 rings (SSSR count). The van der Waals surface area contributed by atoms with Gasteiger partial charge in [0.05, 0.1) is 12.2 Å². The van der Waals surface area contributed by atoms with Crippen LogP contribution in [-0.4, -0.2) is 44.8 Å². The summed E-state index contributed by atoms with van der Waals surface area (Å²) in [4.78, 5) is 39.4. The number of hydrogen-bond donors (Lipinski definition) is 2. The number of hydrogen-bond acceptors (Lipinski definition) is 4. The lowest BCUT2D eigenvalue weighted by molar-refractivity contribution is -0.125. The number of carbonyl (C=O) groups is 2. The van der Waals surface area contributed by atoms with Crippen molar-refractivity contribution >= 4 is 22.7 Å². The van der Waals surface area contributed by atoms with Crippen LogP contribution in [0, 0.1) is 18.3 Å². The van der Waals surface area contributed by atoms with E-state index < -0.39 is 0 Å². The highest BCUT2D eigenvalue weighted by Gasteiger charge is 2.44. The maximum atomic E-state index is 13.0. The van der Waals surface area contributed by atoms with E-state index in [1.165, 1.54) is 0 Å². The topological polar surface area (TPSA) is 91.0 Å². The zero-order valence-electron chi connectivity index (χ0n) is 18.4. The van der Waals surface area contributed by atoms with Crippen LogP contribution in [0.15, 0.2) is 42.9 Å². The highest BCUT2D eigenvalue weighted by atomic mass is 16.2. The average molecular weight is 432 g/mol. The second kappa shape index (κ2) is 8.37. The van der Waals surface area contributed by atoms with Crippen molar-refractivity contribution in [2.75, 3.05) is 13.1 Å². The first kappa shape index (κ1) is 20.7. The van der Waals surface area contributed by atoms with Crippen molar-refractivity contribution in [3.63, 3.8) is 0 Å². The lowest BCUT2D eigenvalue weighted by Crippen LogP contribution is -2.42. The molecule has 1 aliphatic heterocycles. The molecule has 32 heavy (non-hydrogen) atoms. The number of piperidine rings is 1. The molecule has 1 saturated heterocycles. The van der Waals surface area contributed by atoms with Crippen molar-refractivity contribution in [2.45, 2.75) is 45.6 Å². The first-order chi connectivity index (χ1) is 15.5. The Balaban J connectivity index is 1.14. The third-order valence-electron chi connectivity index (χ3n) is 7.25. The Morgan fingerprint density at radius 1 is 1.19 bits per heavy atom. The second-order valence-corrected chi connectivity index (χ2v) is 9.42. The molecule has 3 aromatic heterocycles. The lowest BCUT2D eigenvalue weighted by atomic mass is 9.76. The average Bonchev–Trinajstić information content (AvgIpc) is 3.43. The molecule has 2 amide bonds. The van der Waals surface area contributed by atoms with Crippen molar-refractivity contribution in [3.05, 3.63) is 59.8 Å². The minimum Gasteiger partial charge on any atom is -0.350 e. The van der Waals surface area contributed by atoms with E-state index in [0.29, 0.717) is 12.2 Å². The molecular formula is C25H29N5O2. The Kier molecular flexibility index (Phi) is 5.41. The maximum Gasteiger partial charge on any atom is 0.270 e. The molecule has 1 aliphatic carbocycles. The molecule has 2 N–H and O–H groups in total. The second-order valence-electron chi connectivity index (χ2n) is 9.42. The van der Waals surface area contributed by atoms with Crippen LogP contribution in [0.3, 0.4) is 0 Å². The molecule has 2 fully saturated rings. The van der Waals surface area contributed by atoms with Crippen molar-refractivity contribution in [3.8, 4) is 0 Å². The van der Waals surface area contributed by atoms with Crippen LogP contribution in [0.25, 0.3) is 10.9 Å². The predicted molar refractivity (Wildman–Crippen MR) is 122 cm³/mol. The molecule has 3 aromatic rings. The first-order valence-electron chi connectivity index (χ1n) is 11.4. The van der Waals surface area contributed by atoms with E-state index in [1.807, 2.05) is 42.3 Å². The van der Waals surface area contributed by atoms with Crippen LogP contribution in [0.5, 0.6) is 0 Å². The number of nitrogens with one attached hydrogen (secondary N) is 2. The van der Waals surface area contributed by atoms with Crippen molar-refractivity contribution in [1.29, 1.82) is 0 Å². The highest BCUT2D eigenvalue weighted by molar-refractivity contribution is 5.97. The van der Waals surface area contributed by atoms with Crippen molar-refractivity contribution in [1.82, 2.24) is 25.2 Å². The summed E-state index contributed by atoms with van der Waals surface area (Å²) >= 11 is 0. The molecule has 1 saturated carbocycles. The van der Waals surface area contributed by atoms with Crippen LogP contribution in [0.2, 0.25) is 0 Å². The Hall–Kier alpha value is -3.22. The summed E-state index contributed by atoms with van der Waals surface area (Å²) in [5.74, 6) is 0.243. The number of aryl methyl sites for hydroxylation is 1. The van der Waals surface area contributed by atoms with E-state index >= 15 is 0 Å². The van der Waals surface area contributed by atoms with Gasteiger partial charge in [0.2, 0.25) is 5.91 Å². The summed E-state index contributed by atoms with van der Waals surface area (Å²) in [5, 5.41) is 4.02. The molecular weight excluding hydrogens is 402 g/mol. The number of likely N-dealkylation sites (tertiary alicyclic amines) is 1. The van der Waals surface area contributed by atoms with Crippen LogP contribution >= 0.6 is 0 Å². The molecule has 0 bridgehead atoms. The number of amides is 2. The fraction of sp³-hybridized carbons (Fsp3) is 0.440. The van der Waals surface area contributed by atoms with Gasteiger partial charge in [-0.2, -0.15) is 0 Å². The van der Waals surface area contributed by atoms with Crippen LogP contribution in [0.4, 0.5) is 0 Å². The summed E-state index contributed by atoms with van der Waals surface area (Å²) in [7, 11) is 0. The summed E-state index contributed by atoms with van der Waals surface area (Å²) in [6.45, 7) is 3.97. The van der Waals surface area contributed by atoms with E-state index in [9.17, 15) is 9.59 Å². The van der Waals surface area contributed by atoms with Gasteiger partial charge >= 0.3 is 0 Å². The normalized spacial score (nSPS) is 20.0. The molecule has 7 heteroatoms. The molecule has 7 nitrogen and oxygen atoms in total. The fourth-order valence-electron chi connectivity index (χ4n) is 5.25. The third kappa shape index (κ3) is 4.11. The van der Waals surface area contributed by atoms with E-state index in [-0.39, 0.29) is 23.1 Å². The number of carbonyl (C=O) groups excluding carboxylic acids is 2. The molecule has 2 aliphatic rings. The summed E-state index contributed by atoms with van der Waals surface area (Å²) in [6.07, 6.45) is 10.2. The molecule has 166 valence electrons. The molecule has 1 spiro atoms.